The minimum absolute atomic E-state index is 0.0550. The van der Waals surface area contributed by atoms with Gasteiger partial charge < -0.3 is 4.90 Å². The van der Waals surface area contributed by atoms with Crippen molar-refractivity contribution in [3.63, 3.8) is 0 Å². The molecule has 1 amide bonds. The lowest BCUT2D eigenvalue weighted by atomic mass is 9.58. The summed E-state index contributed by atoms with van der Waals surface area (Å²) in [4.78, 5) is 14.5. The molecule has 0 aromatic carbocycles. The zero-order valence-electron chi connectivity index (χ0n) is 12.8. The Morgan fingerprint density at radius 3 is 1.59 bits per heavy atom. The van der Waals surface area contributed by atoms with Gasteiger partial charge >= 0.3 is 0 Å². The quantitative estimate of drug-likeness (QED) is 0.735. The van der Waals surface area contributed by atoms with Gasteiger partial charge in [0, 0.05) is 23.4 Å². The average Bonchev–Trinajstić information content (AvgIpc) is 2.32. The zero-order valence-corrected chi connectivity index (χ0v) is 12.8. The van der Waals surface area contributed by atoms with Gasteiger partial charge in [0.2, 0.25) is 5.91 Å². The van der Waals surface area contributed by atoms with E-state index in [1.807, 2.05) is 0 Å². The molecule has 1 heterocycles. The van der Waals surface area contributed by atoms with Crippen LogP contribution < -0.4 is 0 Å². The molecule has 17 heavy (non-hydrogen) atoms. The Balaban J connectivity index is 3.32. The second kappa shape index (κ2) is 4.29. The van der Waals surface area contributed by atoms with E-state index in [0.29, 0.717) is 24.2 Å². The van der Waals surface area contributed by atoms with Crippen LogP contribution in [0.25, 0.3) is 0 Å². The van der Waals surface area contributed by atoms with Crippen molar-refractivity contribution in [1.29, 1.82) is 0 Å². The minimum atomic E-state index is -0.0550. The lowest BCUT2D eigenvalue weighted by molar-refractivity contribution is -0.132. The monoisotopic (exact) mass is 239 g/mol. The molecule has 0 bridgehead atoms. The van der Waals surface area contributed by atoms with E-state index < -0.39 is 0 Å². The first-order valence-corrected chi connectivity index (χ1v) is 6.91. The SMILES string of the molecule is CC(C)N1C(=O)CC(C(C)C)(C(C)C)C1(C)C. The van der Waals surface area contributed by atoms with E-state index in [9.17, 15) is 4.79 Å². The Morgan fingerprint density at radius 1 is 1.00 bits per heavy atom. The van der Waals surface area contributed by atoms with Crippen molar-refractivity contribution in [2.45, 2.75) is 73.4 Å². The number of hydrogen-bond acceptors (Lipinski definition) is 1. The Labute approximate surface area is 107 Å². The third kappa shape index (κ3) is 1.80. The summed E-state index contributed by atoms with van der Waals surface area (Å²) in [5.41, 5.74) is 0.0366. The maximum atomic E-state index is 12.4. The van der Waals surface area contributed by atoms with Gasteiger partial charge in [-0.2, -0.15) is 0 Å². The van der Waals surface area contributed by atoms with E-state index in [4.69, 9.17) is 0 Å². The largest absolute Gasteiger partial charge is 0.335 e. The van der Waals surface area contributed by atoms with Crippen molar-refractivity contribution in [3.8, 4) is 0 Å². The van der Waals surface area contributed by atoms with Crippen LogP contribution in [0, 0.1) is 17.3 Å². The topological polar surface area (TPSA) is 20.3 Å². The average molecular weight is 239 g/mol. The molecule has 1 aliphatic heterocycles. The molecule has 0 radical (unpaired) electrons. The highest BCUT2D eigenvalue weighted by Crippen LogP contribution is 2.56. The highest BCUT2D eigenvalue weighted by atomic mass is 16.2. The van der Waals surface area contributed by atoms with Crippen LogP contribution in [0.5, 0.6) is 0 Å². The molecule has 2 heteroatoms. The van der Waals surface area contributed by atoms with Crippen molar-refractivity contribution in [3.05, 3.63) is 0 Å². The van der Waals surface area contributed by atoms with Crippen LogP contribution in [-0.4, -0.2) is 22.4 Å². The number of nitrogens with zero attached hydrogens (tertiary/aromatic N) is 1. The second-order valence-electron chi connectivity index (χ2n) is 6.94. The van der Waals surface area contributed by atoms with Gasteiger partial charge in [-0.05, 0) is 39.5 Å². The number of rotatable bonds is 3. The Kier molecular flexibility index (Phi) is 3.67. The summed E-state index contributed by atoms with van der Waals surface area (Å²) in [5.74, 6) is 1.36. The molecule has 0 spiro atoms. The fraction of sp³-hybridized carbons (Fsp3) is 0.933. The van der Waals surface area contributed by atoms with E-state index >= 15 is 0 Å². The van der Waals surface area contributed by atoms with Gasteiger partial charge in [0.05, 0.1) is 0 Å². The number of likely N-dealkylation sites (tertiary alicyclic amines) is 1. The van der Waals surface area contributed by atoms with Gasteiger partial charge in [0.25, 0.3) is 0 Å². The molecule has 0 aliphatic carbocycles. The van der Waals surface area contributed by atoms with Crippen LogP contribution in [0.2, 0.25) is 0 Å². The molecule has 1 rings (SSSR count). The fourth-order valence-electron chi connectivity index (χ4n) is 4.51. The van der Waals surface area contributed by atoms with Gasteiger partial charge in [-0.3, -0.25) is 4.79 Å². The summed E-state index contributed by atoms with van der Waals surface area (Å²) >= 11 is 0. The number of carbonyl (C=O) groups excluding carboxylic acids is 1. The van der Waals surface area contributed by atoms with Gasteiger partial charge in [-0.1, -0.05) is 27.7 Å². The van der Waals surface area contributed by atoms with Gasteiger partial charge in [-0.25, -0.2) is 0 Å². The van der Waals surface area contributed by atoms with E-state index in [0.717, 1.165) is 0 Å². The van der Waals surface area contributed by atoms with Crippen LogP contribution in [0.4, 0.5) is 0 Å². The van der Waals surface area contributed by atoms with E-state index in [2.05, 4.69) is 60.3 Å². The summed E-state index contributed by atoms with van der Waals surface area (Å²) in [7, 11) is 0. The normalized spacial score (nSPS) is 23.2. The summed E-state index contributed by atoms with van der Waals surface area (Å²) in [6, 6.07) is 0.289. The molecule has 1 aliphatic rings. The fourth-order valence-corrected chi connectivity index (χ4v) is 4.51. The Bertz CT molecular complexity index is 294. The molecular formula is C15H29NO. The summed E-state index contributed by atoms with van der Waals surface area (Å²) in [5, 5.41) is 0. The first-order valence-electron chi connectivity index (χ1n) is 6.91. The van der Waals surface area contributed by atoms with Crippen LogP contribution in [-0.2, 0) is 4.79 Å². The van der Waals surface area contributed by atoms with Crippen molar-refractivity contribution < 1.29 is 4.79 Å². The maximum absolute atomic E-state index is 12.4. The van der Waals surface area contributed by atoms with E-state index in [1.165, 1.54) is 0 Å². The molecule has 0 atom stereocenters. The molecular weight excluding hydrogens is 210 g/mol. The molecule has 2 nitrogen and oxygen atoms in total. The number of hydrogen-bond donors (Lipinski definition) is 0. The lowest BCUT2D eigenvalue weighted by Crippen LogP contribution is -2.56. The smallest absolute Gasteiger partial charge is 0.223 e. The van der Waals surface area contributed by atoms with Crippen LogP contribution >= 0.6 is 0 Å². The molecule has 1 fully saturated rings. The molecule has 1 saturated heterocycles. The first-order chi connectivity index (χ1) is 7.59. The van der Waals surface area contributed by atoms with Crippen LogP contribution in [0.15, 0.2) is 0 Å². The van der Waals surface area contributed by atoms with Gasteiger partial charge in [-0.15, -0.1) is 0 Å². The second-order valence-corrected chi connectivity index (χ2v) is 6.94. The highest BCUT2D eigenvalue weighted by Gasteiger charge is 2.60. The summed E-state index contributed by atoms with van der Waals surface area (Å²) < 4.78 is 0. The molecule has 100 valence electrons. The predicted molar refractivity (Wildman–Crippen MR) is 72.8 cm³/mol. The lowest BCUT2D eigenvalue weighted by Gasteiger charge is -2.51. The van der Waals surface area contributed by atoms with Crippen LogP contribution in [0.1, 0.15) is 61.8 Å². The van der Waals surface area contributed by atoms with Gasteiger partial charge in [0.15, 0.2) is 0 Å². The summed E-state index contributed by atoms with van der Waals surface area (Å²) in [6.45, 7) is 17.8. The number of amides is 1. The highest BCUT2D eigenvalue weighted by molar-refractivity contribution is 5.81. The van der Waals surface area contributed by atoms with E-state index in [-0.39, 0.29) is 17.0 Å². The molecule has 0 aromatic rings. The van der Waals surface area contributed by atoms with Gasteiger partial charge in [0.1, 0.15) is 0 Å². The third-order valence-corrected chi connectivity index (χ3v) is 5.03. The standard InChI is InChI=1S/C15H29NO/c1-10(2)15(11(3)4)9-13(17)16(12(5)6)14(15,7)8/h10-12H,9H2,1-8H3. The van der Waals surface area contributed by atoms with Crippen molar-refractivity contribution in [2.24, 2.45) is 17.3 Å². The van der Waals surface area contributed by atoms with Crippen molar-refractivity contribution >= 4 is 5.91 Å². The van der Waals surface area contributed by atoms with Crippen LogP contribution in [0.3, 0.4) is 0 Å². The minimum Gasteiger partial charge on any atom is -0.335 e. The van der Waals surface area contributed by atoms with Crippen molar-refractivity contribution in [1.82, 2.24) is 4.90 Å². The Morgan fingerprint density at radius 2 is 1.41 bits per heavy atom. The molecule has 0 saturated carbocycles. The molecule has 0 unspecified atom stereocenters. The Hall–Kier alpha value is -0.530. The maximum Gasteiger partial charge on any atom is 0.223 e. The molecule has 0 aromatic heterocycles. The predicted octanol–water partition coefficient (Wildman–Crippen LogP) is 3.70. The number of carbonyl (C=O) groups is 1. The van der Waals surface area contributed by atoms with E-state index in [1.54, 1.807) is 0 Å². The first kappa shape index (κ1) is 14.5. The zero-order chi connectivity index (χ0) is 13.6. The third-order valence-electron chi connectivity index (χ3n) is 5.03. The molecule has 0 N–H and O–H groups in total. The van der Waals surface area contributed by atoms with Crippen molar-refractivity contribution in [2.75, 3.05) is 0 Å². The summed E-state index contributed by atoms with van der Waals surface area (Å²) in [6.07, 6.45) is 0.702.